The first kappa shape index (κ1) is 28.0. The standard InChI is InChI=1S/C31H35N9O4/c1-19(41)44-28(23-17-24(30(42)37(3)34-23)33-27-16-21-18-36(2)11-14-40(21)35-27)22-8-6-10-32-29(22)39-13-12-38-25-9-5-4-7-20(25)15-26(38)31(39)43/h6,8,10,15-17,28H,4-5,7,9,11-14,18H2,1-3H3,(H,33,35). The van der Waals surface area contributed by atoms with Crippen molar-refractivity contribution in [3.63, 3.8) is 0 Å². The Bertz CT molecular complexity index is 1840. The molecule has 0 fully saturated rings. The molecule has 228 valence electrons. The van der Waals surface area contributed by atoms with Gasteiger partial charge in [0.05, 0.1) is 12.2 Å². The number of hydrogen-bond donors (Lipinski definition) is 1. The van der Waals surface area contributed by atoms with Crippen molar-refractivity contribution in [1.29, 1.82) is 0 Å². The molecule has 13 nitrogen and oxygen atoms in total. The topological polar surface area (TPSA) is 132 Å². The molecule has 0 radical (unpaired) electrons. The average molecular weight is 598 g/mol. The van der Waals surface area contributed by atoms with Gasteiger partial charge in [-0.25, -0.2) is 9.67 Å². The number of rotatable bonds is 6. The molecule has 4 aromatic rings. The first-order valence-corrected chi connectivity index (χ1v) is 15.0. The van der Waals surface area contributed by atoms with Crippen molar-refractivity contribution in [2.45, 2.75) is 58.3 Å². The monoisotopic (exact) mass is 597 g/mol. The maximum Gasteiger partial charge on any atom is 0.303 e. The summed E-state index contributed by atoms with van der Waals surface area (Å²) in [5, 5.41) is 12.3. The molecule has 44 heavy (non-hydrogen) atoms. The van der Waals surface area contributed by atoms with Crippen LogP contribution in [-0.2, 0) is 49.1 Å². The Morgan fingerprint density at radius 3 is 2.70 bits per heavy atom. The number of anilines is 3. The molecule has 0 spiro atoms. The fraction of sp³-hybridized carbons (Fsp3) is 0.419. The van der Waals surface area contributed by atoms with Crippen LogP contribution in [0.4, 0.5) is 17.3 Å². The average Bonchev–Trinajstić information content (AvgIpc) is 3.59. The van der Waals surface area contributed by atoms with Crippen LogP contribution in [0.2, 0.25) is 0 Å². The first-order valence-electron chi connectivity index (χ1n) is 15.0. The van der Waals surface area contributed by atoms with E-state index in [1.54, 1.807) is 36.3 Å². The highest BCUT2D eigenvalue weighted by molar-refractivity contribution is 6.06. The minimum atomic E-state index is -1.03. The van der Waals surface area contributed by atoms with E-state index in [1.807, 2.05) is 16.8 Å². The summed E-state index contributed by atoms with van der Waals surface area (Å²) < 4.78 is 11.1. The lowest BCUT2D eigenvalue weighted by Gasteiger charge is -2.31. The summed E-state index contributed by atoms with van der Waals surface area (Å²) in [5.41, 5.74) is 4.90. The fourth-order valence-corrected chi connectivity index (χ4v) is 6.57. The smallest absolute Gasteiger partial charge is 0.303 e. The summed E-state index contributed by atoms with van der Waals surface area (Å²) in [6.07, 6.45) is 4.83. The Morgan fingerprint density at radius 2 is 1.86 bits per heavy atom. The van der Waals surface area contributed by atoms with E-state index >= 15 is 0 Å². The van der Waals surface area contributed by atoms with Gasteiger partial charge in [0.1, 0.15) is 22.9 Å². The molecular formula is C31H35N9O4. The number of amides is 1. The first-order chi connectivity index (χ1) is 21.3. The molecule has 4 aromatic heterocycles. The van der Waals surface area contributed by atoms with E-state index in [1.165, 1.54) is 22.9 Å². The minimum Gasteiger partial charge on any atom is -0.451 e. The minimum absolute atomic E-state index is 0.141. The summed E-state index contributed by atoms with van der Waals surface area (Å²) in [6, 6.07) is 9.04. The summed E-state index contributed by atoms with van der Waals surface area (Å²) in [5.74, 6) is 0.259. The highest BCUT2D eigenvalue weighted by atomic mass is 16.5. The predicted molar refractivity (Wildman–Crippen MR) is 162 cm³/mol. The number of fused-ring (bicyclic) bond motifs is 4. The third kappa shape index (κ3) is 4.96. The number of likely N-dealkylation sites (N-methyl/N-ethyl adjacent to an activating group) is 1. The molecule has 0 saturated heterocycles. The Kier molecular flexibility index (Phi) is 7.04. The number of nitrogens with zero attached hydrogens (tertiary/aromatic N) is 8. The number of nitrogens with one attached hydrogen (secondary N) is 1. The van der Waals surface area contributed by atoms with Gasteiger partial charge in [0, 0.05) is 63.7 Å². The van der Waals surface area contributed by atoms with E-state index < -0.39 is 12.1 Å². The summed E-state index contributed by atoms with van der Waals surface area (Å²) in [7, 11) is 3.60. The third-order valence-electron chi connectivity index (χ3n) is 8.66. The summed E-state index contributed by atoms with van der Waals surface area (Å²) in [4.78, 5) is 48.0. The van der Waals surface area contributed by atoms with E-state index in [9.17, 15) is 14.4 Å². The third-order valence-corrected chi connectivity index (χ3v) is 8.66. The maximum atomic E-state index is 13.9. The lowest BCUT2D eigenvalue weighted by Crippen LogP contribution is -2.42. The number of aromatic nitrogens is 6. The number of carbonyl (C=O) groups excluding carboxylic acids is 2. The molecule has 7 rings (SSSR count). The molecule has 13 heteroatoms. The quantitative estimate of drug-likeness (QED) is 0.333. The molecule has 0 aromatic carbocycles. The molecule has 6 heterocycles. The number of carbonyl (C=O) groups is 2. The van der Waals surface area contributed by atoms with Crippen molar-refractivity contribution in [3.8, 4) is 0 Å². The van der Waals surface area contributed by atoms with E-state index in [0.717, 1.165) is 51.0 Å². The molecule has 3 aliphatic rings. The number of aryl methyl sites for hydroxylation is 2. The van der Waals surface area contributed by atoms with Crippen molar-refractivity contribution in [2.75, 3.05) is 30.4 Å². The van der Waals surface area contributed by atoms with E-state index in [4.69, 9.17) is 4.74 Å². The second kappa shape index (κ2) is 11.1. The zero-order chi connectivity index (χ0) is 30.5. The van der Waals surface area contributed by atoms with Gasteiger partial charge in [-0.1, -0.05) is 0 Å². The van der Waals surface area contributed by atoms with Gasteiger partial charge in [-0.05, 0) is 62.6 Å². The lowest BCUT2D eigenvalue weighted by atomic mass is 9.98. The molecule has 1 aliphatic carbocycles. The van der Waals surface area contributed by atoms with Crippen LogP contribution in [0.25, 0.3) is 0 Å². The Labute approximate surface area is 254 Å². The predicted octanol–water partition coefficient (Wildman–Crippen LogP) is 2.55. The molecule has 1 N–H and O–H groups in total. The van der Waals surface area contributed by atoms with Crippen molar-refractivity contribution in [1.82, 2.24) is 34.0 Å². The Balaban J connectivity index is 1.25. The van der Waals surface area contributed by atoms with E-state index in [-0.39, 0.29) is 17.2 Å². The van der Waals surface area contributed by atoms with Crippen LogP contribution >= 0.6 is 0 Å². The second-order valence-electron chi connectivity index (χ2n) is 11.7. The van der Waals surface area contributed by atoms with Gasteiger partial charge in [-0.2, -0.15) is 10.2 Å². The van der Waals surface area contributed by atoms with Crippen molar-refractivity contribution in [3.05, 3.63) is 80.8 Å². The van der Waals surface area contributed by atoms with Crippen LogP contribution < -0.4 is 15.8 Å². The number of pyridine rings is 1. The molecule has 1 atom stereocenters. The van der Waals surface area contributed by atoms with Gasteiger partial charge < -0.3 is 14.6 Å². The van der Waals surface area contributed by atoms with Crippen LogP contribution in [-0.4, -0.2) is 66.0 Å². The number of hydrogen-bond acceptors (Lipinski definition) is 9. The fourth-order valence-electron chi connectivity index (χ4n) is 6.57. The van der Waals surface area contributed by atoms with Gasteiger partial charge in [0.25, 0.3) is 11.5 Å². The van der Waals surface area contributed by atoms with Crippen LogP contribution in [0.5, 0.6) is 0 Å². The van der Waals surface area contributed by atoms with Gasteiger partial charge in [-0.3, -0.25) is 28.9 Å². The van der Waals surface area contributed by atoms with Gasteiger partial charge in [-0.15, -0.1) is 0 Å². The molecule has 0 bridgehead atoms. The zero-order valence-corrected chi connectivity index (χ0v) is 25.1. The van der Waals surface area contributed by atoms with Crippen LogP contribution in [0, 0.1) is 0 Å². The number of esters is 1. The second-order valence-corrected chi connectivity index (χ2v) is 11.7. The molecule has 1 amide bonds. The van der Waals surface area contributed by atoms with E-state index in [2.05, 4.69) is 37.0 Å². The van der Waals surface area contributed by atoms with Crippen LogP contribution in [0.3, 0.4) is 0 Å². The highest BCUT2D eigenvalue weighted by Gasteiger charge is 2.34. The molecular weight excluding hydrogens is 562 g/mol. The van der Waals surface area contributed by atoms with Gasteiger partial charge in [0.15, 0.2) is 11.9 Å². The van der Waals surface area contributed by atoms with Crippen LogP contribution in [0.15, 0.2) is 41.3 Å². The maximum absolute atomic E-state index is 13.9. The SMILES string of the molecule is CC(=O)OC(c1cc(Nc2cc3n(n2)CCN(C)C3)c(=O)n(C)n1)c1cccnc1N1CCn2c(cc3c2CCCC3)C1=O. The molecule has 0 saturated carbocycles. The summed E-state index contributed by atoms with van der Waals surface area (Å²) >= 11 is 0. The van der Waals surface area contributed by atoms with Gasteiger partial charge >= 0.3 is 5.97 Å². The highest BCUT2D eigenvalue weighted by Crippen LogP contribution is 2.35. The Hall–Kier alpha value is -4.78. The Morgan fingerprint density at radius 1 is 1.02 bits per heavy atom. The van der Waals surface area contributed by atoms with Crippen LogP contribution in [0.1, 0.15) is 64.6 Å². The summed E-state index contributed by atoms with van der Waals surface area (Å²) in [6.45, 7) is 4.81. The number of ether oxygens (including phenoxy) is 1. The van der Waals surface area contributed by atoms with Gasteiger partial charge in [0.2, 0.25) is 0 Å². The molecule has 2 aliphatic heterocycles. The lowest BCUT2D eigenvalue weighted by molar-refractivity contribution is -0.145. The van der Waals surface area contributed by atoms with Crippen molar-refractivity contribution >= 4 is 29.2 Å². The normalized spacial score (nSPS) is 17.1. The zero-order valence-electron chi connectivity index (χ0n) is 25.1. The van der Waals surface area contributed by atoms with E-state index in [0.29, 0.717) is 41.7 Å². The van der Waals surface area contributed by atoms with Crippen molar-refractivity contribution < 1.29 is 14.3 Å². The molecule has 1 unspecified atom stereocenters. The largest absolute Gasteiger partial charge is 0.451 e. The van der Waals surface area contributed by atoms with Crippen molar-refractivity contribution in [2.24, 2.45) is 7.05 Å².